The smallest absolute Gasteiger partial charge is 0.270 e. The maximum absolute atomic E-state index is 12.2. The van der Waals surface area contributed by atoms with Gasteiger partial charge in [-0.05, 0) is 18.6 Å². The molecular weight excluding hydrogens is 310 g/mol. The first-order valence-electron chi connectivity index (χ1n) is 7.69. The van der Waals surface area contributed by atoms with Crippen molar-refractivity contribution >= 4 is 11.7 Å². The van der Waals surface area contributed by atoms with Crippen LogP contribution in [-0.2, 0) is 0 Å². The highest BCUT2D eigenvalue weighted by molar-refractivity contribution is 5.92. The lowest BCUT2D eigenvalue weighted by molar-refractivity contribution is 0.0792. The molecule has 2 atom stereocenters. The van der Waals surface area contributed by atoms with Crippen molar-refractivity contribution < 1.29 is 14.6 Å². The lowest BCUT2D eigenvalue weighted by atomic mass is 10.0. The maximum Gasteiger partial charge on any atom is 0.270 e. The van der Waals surface area contributed by atoms with Crippen molar-refractivity contribution in [2.75, 3.05) is 25.1 Å². The predicted octanol–water partition coefficient (Wildman–Crippen LogP) is 0.250. The van der Waals surface area contributed by atoms with Crippen molar-refractivity contribution in [1.82, 2.24) is 20.3 Å². The second-order valence-corrected chi connectivity index (χ2v) is 5.49. The zero-order valence-corrected chi connectivity index (χ0v) is 13.3. The van der Waals surface area contributed by atoms with E-state index in [2.05, 4.69) is 20.3 Å². The summed E-state index contributed by atoms with van der Waals surface area (Å²) in [6.45, 7) is 0.960. The standard InChI is InChI=1S/C16H19N5O3/c1-24-16-14(18-7-8-19-16)21-9-5-11(13(22)10-21)20-15(23)12-4-2-3-6-17-12/h2-4,6-8,11,13,22H,5,9-10H2,1H3,(H,20,23)/t11-,13-/m1/s1. The second-order valence-electron chi connectivity index (χ2n) is 5.49. The Morgan fingerprint density at radius 2 is 2.12 bits per heavy atom. The number of methoxy groups -OCH3 is 1. The molecule has 1 amide bonds. The summed E-state index contributed by atoms with van der Waals surface area (Å²) in [6.07, 6.45) is 4.56. The van der Waals surface area contributed by atoms with Crippen LogP contribution in [0.5, 0.6) is 5.88 Å². The fourth-order valence-electron chi connectivity index (χ4n) is 2.71. The molecule has 2 aromatic heterocycles. The third-order valence-corrected chi connectivity index (χ3v) is 3.94. The van der Waals surface area contributed by atoms with Crippen molar-refractivity contribution in [3.05, 3.63) is 42.5 Å². The SMILES string of the molecule is COc1nccnc1N1CC[C@@H](NC(=O)c2ccccn2)[C@H](O)C1. The van der Waals surface area contributed by atoms with Crippen LogP contribution in [0.1, 0.15) is 16.9 Å². The van der Waals surface area contributed by atoms with Crippen molar-refractivity contribution in [1.29, 1.82) is 0 Å². The van der Waals surface area contributed by atoms with E-state index in [-0.39, 0.29) is 11.9 Å². The van der Waals surface area contributed by atoms with Crippen molar-refractivity contribution in [2.24, 2.45) is 0 Å². The van der Waals surface area contributed by atoms with Crippen LogP contribution >= 0.6 is 0 Å². The molecule has 0 radical (unpaired) electrons. The molecule has 1 fully saturated rings. The van der Waals surface area contributed by atoms with E-state index in [0.717, 1.165) is 0 Å². The summed E-state index contributed by atoms with van der Waals surface area (Å²) in [4.78, 5) is 26.5. The zero-order chi connectivity index (χ0) is 16.9. The molecule has 1 aliphatic heterocycles. The lowest BCUT2D eigenvalue weighted by Gasteiger charge is -2.36. The van der Waals surface area contributed by atoms with Crippen molar-refractivity contribution in [3.8, 4) is 5.88 Å². The molecule has 0 aliphatic carbocycles. The number of amides is 1. The number of rotatable bonds is 4. The number of nitrogens with zero attached hydrogens (tertiary/aromatic N) is 4. The molecule has 0 aromatic carbocycles. The molecule has 0 spiro atoms. The number of hydrogen-bond donors (Lipinski definition) is 2. The van der Waals surface area contributed by atoms with E-state index < -0.39 is 6.10 Å². The first-order chi connectivity index (χ1) is 11.7. The van der Waals surface area contributed by atoms with Crippen LogP contribution in [0.3, 0.4) is 0 Å². The summed E-state index contributed by atoms with van der Waals surface area (Å²) in [6, 6.07) is 4.81. The highest BCUT2D eigenvalue weighted by Crippen LogP contribution is 2.25. The van der Waals surface area contributed by atoms with Crippen LogP contribution in [0.15, 0.2) is 36.8 Å². The molecule has 8 nitrogen and oxygen atoms in total. The van der Waals surface area contributed by atoms with Gasteiger partial charge in [-0.2, -0.15) is 0 Å². The number of aliphatic hydroxyl groups excluding tert-OH is 1. The monoisotopic (exact) mass is 329 g/mol. The minimum Gasteiger partial charge on any atom is -0.478 e. The summed E-state index contributed by atoms with van der Waals surface area (Å²) in [5, 5.41) is 13.2. The molecule has 2 N–H and O–H groups in total. The molecule has 0 saturated carbocycles. The van der Waals surface area contributed by atoms with Crippen LogP contribution in [0.4, 0.5) is 5.82 Å². The second kappa shape index (κ2) is 7.22. The summed E-state index contributed by atoms with van der Waals surface area (Å²) in [7, 11) is 1.53. The molecule has 126 valence electrons. The normalized spacial score (nSPS) is 20.5. The van der Waals surface area contributed by atoms with Crippen LogP contribution in [0.2, 0.25) is 0 Å². The fraction of sp³-hybridized carbons (Fsp3) is 0.375. The number of β-amino-alcohol motifs (C(OH)–C–C–N with tert-alkyl or cyclic N) is 1. The van der Waals surface area contributed by atoms with Crippen LogP contribution in [0, 0.1) is 0 Å². The number of ether oxygens (including phenoxy) is 1. The van der Waals surface area contributed by atoms with Gasteiger partial charge in [-0.15, -0.1) is 0 Å². The quantitative estimate of drug-likeness (QED) is 0.829. The number of piperidine rings is 1. The number of nitrogens with one attached hydrogen (secondary N) is 1. The molecule has 0 bridgehead atoms. The minimum atomic E-state index is -0.724. The molecule has 0 unspecified atom stereocenters. The van der Waals surface area contributed by atoms with Gasteiger partial charge in [-0.3, -0.25) is 9.78 Å². The molecule has 8 heteroatoms. The van der Waals surface area contributed by atoms with Gasteiger partial charge in [0.15, 0.2) is 5.82 Å². The molecule has 24 heavy (non-hydrogen) atoms. The number of carbonyl (C=O) groups is 1. The number of anilines is 1. The summed E-state index contributed by atoms with van der Waals surface area (Å²) >= 11 is 0. The Labute approximate surface area is 139 Å². The van der Waals surface area contributed by atoms with E-state index in [4.69, 9.17) is 4.74 Å². The van der Waals surface area contributed by atoms with Crippen LogP contribution < -0.4 is 15.0 Å². The number of pyridine rings is 1. The van der Waals surface area contributed by atoms with E-state index in [1.165, 1.54) is 7.11 Å². The van der Waals surface area contributed by atoms with Gasteiger partial charge in [-0.1, -0.05) is 6.07 Å². The summed E-state index contributed by atoms with van der Waals surface area (Å²) in [5.41, 5.74) is 0.336. The Morgan fingerprint density at radius 3 is 2.83 bits per heavy atom. The van der Waals surface area contributed by atoms with Gasteiger partial charge in [0, 0.05) is 31.7 Å². The van der Waals surface area contributed by atoms with Crippen LogP contribution in [0.25, 0.3) is 0 Å². The number of carbonyl (C=O) groups excluding carboxylic acids is 1. The fourth-order valence-corrected chi connectivity index (χ4v) is 2.71. The predicted molar refractivity (Wildman–Crippen MR) is 86.9 cm³/mol. The van der Waals surface area contributed by atoms with Gasteiger partial charge >= 0.3 is 0 Å². The average molecular weight is 329 g/mol. The Morgan fingerprint density at radius 1 is 1.29 bits per heavy atom. The van der Waals surface area contributed by atoms with E-state index in [1.54, 1.807) is 36.8 Å². The van der Waals surface area contributed by atoms with Gasteiger partial charge in [0.05, 0.1) is 19.3 Å². The third kappa shape index (κ3) is 3.43. The largest absolute Gasteiger partial charge is 0.478 e. The first kappa shape index (κ1) is 16.1. The average Bonchev–Trinajstić information content (AvgIpc) is 2.64. The van der Waals surface area contributed by atoms with Gasteiger partial charge in [0.2, 0.25) is 0 Å². The molecule has 3 heterocycles. The van der Waals surface area contributed by atoms with Crippen molar-refractivity contribution in [2.45, 2.75) is 18.6 Å². The highest BCUT2D eigenvalue weighted by atomic mass is 16.5. The molecular formula is C16H19N5O3. The number of aromatic nitrogens is 3. The van der Waals surface area contributed by atoms with Gasteiger partial charge in [0.25, 0.3) is 11.8 Å². The van der Waals surface area contributed by atoms with Gasteiger partial charge in [-0.25, -0.2) is 9.97 Å². The maximum atomic E-state index is 12.2. The van der Waals surface area contributed by atoms with Gasteiger partial charge < -0.3 is 20.1 Å². The highest BCUT2D eigenvalue weighted by Gasteiger charge is 2.31. The number of aliphatic hydroxyl groups is 1. The number of hydrogen-bond acceptors (Lipinski definition) is 7. The van der Waals surface area contributed by atoms with E-state index in [1.807, 2.05) is 4.90 Å². The van der Waals surface area contributed by atoms with E-state index in [9.17, 15) is 9.90 Å². The zero-order valence-electron chi connectivity index (χ0n) is 13.3. The van der Waals surface area contributed by atoms with Gasteiger partial charge in [0.1, 0.15) is 5.69 Å². The topological polar surface area (TPSA) is 100 Å². The van der Waals surface area contributed by atoms with Crippen molar-refractivity contribution in [3.63, 3.8) is 0 Å². The molecule has 1 saturated heterocycles. The third-order valence-electron chi connectivity index (χ3n) is 3.94. The Balaban J connectivity index is 1.64. The first-order valence-corrected chi connectivity index (χ1v) is 7.69. The Hall–Kier alpha value is -2.74. The van der Waals surface area contributed by atoms with E-state index >= 15 is 0 Å². The summed E-state index contributed by atoms with van der Waals surface area (Å²) in [5.74, 6) is 0.722. The Bertz CT molecular complexity index is 697. The van der Waals surface area contributed by atoms with Crippen LogP contribution in [-0.4, -0.2) is 58.3 Å². The minimum absolute atomic E-state index is 0.287. The van der Waals surface area contributed by atoms with E-state index in [0.29, 0.717) is 36.9 Å². The molecule has 1 aliphatic rings. The molecule has 2 aromatic rings. The Kier molecular flexibility index (Phi) is 4.85. The molecule has 3 rings (SSSR count). The summed E-state index contributed by atoms with van der Waals surface area (Å²) < 4.78 is 5.21. The lowest BCUT2D eigenvalue weighted by Crippen LogP contribution is -2.54.